The maximum atomic E-state index is 12.5. The van der Waals surface area contributed by atoms with Gasteiger partial charge in [0.15, 0.2) is 0 Å². The van der Waals surface area contributed by atoms with Crippen LogP contribution in [-0.2, 0) is 6.54 Å². The molecule has 6 heteroatoms. The summed E-state index contributed by atoms with van der Waals surface area (Å²) >= 11 is 0. The molecule has 142 valence electrons. The Morgan fingerprint density at radius 1 is 1.07 bits per heavy atom. The Kier molecular flexibility index (Phi) is 6.19. The van der Waals surface area contributed by atoms with Gasteiger partial charge in [0.2, 0.25) is 0 Å². The lowest BCUT2D eigenvalue weighted by molar-refractivity contribution is -0.384. The number of anilines is 1. The Hall–Kier alpha value is -2.73. The molecule has 0 spiro atoms. The SMILES string of the molecule is Cc1ccc([N+](=O)[O-])cc1NC(=O)c1ccc(CN2CCCCCC2)cc1. The molecule has 1 saturated heterocycles. The lowest BCUT2D eigenvalue weighted by Gasteiger charge is -2.19. The molecule has 2 aromatic rings. The molecule has 0 atom stereocenters. The first-order valence-corrected chi connectivity index (χ1v) is 9.40. The van der Waals surface area contributed by atoms with Crippen LogP contribution < -0.4 is 5.32 Å². The van der Waals surface area contributed by atoms with Crippen molar-refractivity contribution in [2.24, 2.45) is 0 Å². The quantitative estimate of drug-likeness (QED) is 0.622. The maximum absolute atomic E-state index is 12.5. The number of carbonyl (C=O) groups is 1. The Labute approximate surface area is 159 Å². The van der Waals surface area contributed by atoms with E-state index in [4.69, 9.17) is 0 Å². The third kappa shape index (κ3) is 5.14. The first-order valence-electron chi connectivity index (χ1n) is 9.40. The van der Waals surface area contributed by atoms with Gasteiger partial charge in [-0.15, -0.1) is 0 Å². The average Bonchev–Trinajstić information content (AvgIpc) is 2.92. The molecule has 1 N–H and O–H groups in total. The van der Waals surface area contributed by atoms with E-state index >= 15 is 0 Å². The number of nitrogens with one attached hydrogen (secondary N) is 1. The van der Waals surface area contributed by atoms with E-state index in [1.807, 2.05) is 31.2 Å². The van der Waals surface area contributed by atoms with E-state index in [1.54, 1.807) is 6.07 Å². The molecule has 1 amide bonds. The number of likely N-dealkylation sites (tertiary alicyclic amines) is 1. The first kappa shape index (κ1) is 19.0. The monoisotopic (exact) mass is 367 g/mol. The summed E-state index contributed by atoms with van der Waals surface area (Å²) in [4.78, 5) is 25.4. The highest BCUT2D eigenvalue weighted by Gasteiger charge is 2.13. The third-order valence-electron chi connectivity index (χ3n) is 5.00. The number of rotatable bonds is 5. The smallest absolute Gasteiger partial charge is 0.271 e. The lowest BCUT2D eigenvalue weighted by atomic mass is 10.1. The molecule has 1 aliphatic rings. The summed E-state index contributed by atoms with van der Waals surface area (Å²) in [7, 11) is 0. The van der Waals surface area contributed by atoms with Gasteiger partial charge < -0.3 is 5.32 Å². The van der Waals surface area contributed by atoms with Crippen molar-refractivity contribution in [3.05, 3.63) is 69.3 Å². The van der Waals surface area contributed by atoms with Gasteiger partial charge in [-0.1, -0.05) is 31.0 Å². The molecular weight excluding hydrogens is 342 g/mol. The summed E-state index contributed by atoms with van der Waals surface area (Å²) in [6, 6.07) is 12.1. The maximum Gasteiger partial charge on any atom is 0.271 e. The summed E-state index contributed by atoms with van der Waals surface area (Å²) < 4.78 is 0. The molecule has 0 saturated carbocycles. The Morgan fingerprint density at radius 3 is 2.37 bits per heavy atom. The number of benzene rings is 2. The van der Waals surface area contributed by atoms with E-state index in [0.29, 0.717) is 11.3 Å². The normalized spacial score (nSPS) is 15.1. The molecule has 3 rings (SSSR count). The van der Waals surface area contributed by atoms with Crippen molar-refractivity contribution in [2.45, 2.75) is 39.2 Å². The topological polar surface area (TPSA) is 75.5 Å². The number of amides is 1. The van der Waals surface area contributed by atoms with Crippen LogP contribution >= 0.6 is 0 Å². The van der Waals surface area contributed by atoms with E-state index in [9.17, 15) is 14.9 Å². The molecule has 0 aliphatic carbocycles. The van der Waals surface area contributed by atoms with Gasteiger partial charge in [-0.05, 0) is 56.1 Å². The molecule has 6 nitrogen and oxygen atoms in total. The second-order valence-corrected chi connectivity index (χ2v) is 7.10. The van der Waals surface area contributed by atoms with Crippen LogP contribution in [0.25, 0.3) is 0 Å². The Balaban J connectivity index is 1.65. The largest absolute Gasteiger partial charge is 0.321 e. The summed E-state index contributed by atoms with van der Waals surface area (Å²) in [5, 5.41) is 13.7. The molecule has 0 radical (unpaired) electrons. The van der Waals surface area contributed by atoms with E-state index < -0.39 is 4.92 Å². The predicted octanol–water partition coefficient (Wildman–Crippen LogP) is 4.53. The van der Waals surface area contributed by atoms with Gasteiger partial charge in [-0.3, -0.25) is 19.8 Å². The zero-order valence-corrected chi connectivity index (χ0v) is 15.6. The molecule has 0 bridgehead atoms. The van der Waals surface area contributed by atoms with Gasteiger partial charge in [0, 0.05) is 24.2 Å². The van der Waals surface area contributed by atoms with Crippen LogP contribution in [0, 0.1) is 17.0 Å². The number of nitro groups is 1. The zero-order valence-electron chi connectivity index (χ0n) is 15.6. The zero-order chi connectivity index (χ0) is 19.2. The van der Waals surface area contributed by atoms with Crippen LogP contribution in [0.2, 0.25) is 0 Å². The molecule has 27 heavy (non-hydrogen) atoms. The summed E-state index contributed by atoms with van der Waals surface area (Å²) in [6.07, 6.45) is 5.13. The first-order chi connectivity index (χ1) is 13.0. The van der Waals surface area contributed by atoms with Crippen LogP contribution in [0.15, 0.2) is 42.5 Å². The van der Waals surface area contributed by atoms with Crippen LogP contribution in [0.5, 0.6) is 0 Å². The van der Waals surface area contributed by atoms with Crippen molar-refractivity contribution >= 4 is 17.3 Å². The van der Waals surface area contributed by atoms with Crippen molar-refractivity contribution in [1.82, 2.24) is 4.90 Å². The highest BCUT2D eigenvalue weighted by atomic mass is 16.6. The third-order valence-corrected chi connectivity index (χ3v) is 5.00. The molecule has 1 fully saturated rings. The number of non-ortho nitro benzene ring substituents is 1. The molecule has 1 aliphatic heterocycles. The van der Waals surface area contributed by atoms with E-state index in [2.05, 4.69) is 10.2 Å². The van der Waals surface area contributed by atoms with Gasteiger partial charge in [-0.25, -0.2) is 0 Å². The van der Waals surface area contributed by atoms with Crippen molar-refractivity contribution in [3.63, 3.8) is 0 Å². The van der Waals surface area contributed by atoms with Gasteiger partial charge in [0.25, 0.3) is 11.6 Å². The molecule has 1 heterocycles. The van der Waals surface area contributed by atoms with Crippen molar-refractivity contribution in [1.29, 1.82) is 0 Å². The van der Waals surface area contributed by atoms with E-state index in [1.165, 1.54) is 43.4 Å². The number of aryl methyl sites for hydroxylation is 1. The lowest BCUT2D eigenvalue weighted by Crippen LogP contribution is -2.24. The van der Waals surface area contributed by atoms with Gasteiger partial charge in [0.1, 0.15) is 0 Å². The number of hydrogen-bond acceptors (Lipinski definition) is 4. The number of carbonyl (C=O) groups excluding carboxylic acids is 1. The minimum absolute atomic E-state index is 0.0382. The van der Waals surface area contributed by atoms with Crippen LogP contribution in [0.1, 0.15) is 47.2 Å². The van der Waals surface area contributed by atoms with E-state index in [-0.39, 0.29) is 11.6 Å². The van der Waals surface area contributed by atoms with Gasteiger partial charge in [0.05, 0.1) is 10.6 Å². The molecule has 0 unspecified atom stereocenters. The second kappa shape index (κ2) is 8.77. The van der Waals surface area contributed by atoms with Crippen LogP contribution in [0.3, 0.4) is 0 Å². The van der Waals surface area contributed by atoms with E-state index in [0.717, 1.165) is 25.2 Å². The molecule has 2 aromatic carbocycles. The molecule has 0 aromatic heterocycles. The summed E-state index contributed by atoms with van der Waals surface area (Å²) in [5.74, 6) is -0.264. The highest BCUT2D eigenvalue weighted by molar-refractivity contribution is 6.04. The van der Waals surface area contributed by atoms with Gasteiger partial charge in [-0.2, -0.15) is 0 Å². The molecular formula is C21H25N3O3. The average molecular weight is 367 g/mol. The minimum atomic E-state index is -0.466. The number of nitrogens with zero attached hydrogens (tertiary/aromatic N) is 2. The fraction of sp³-hybridized carbons (Fsp3) is 0.381. The van der Waals surface area contributed by atoms with Crippen LogP contribution in [0.4, 0.5) is 11.4 Å². The number of nitro benzene ring substituents is 1. The minimum Gasteiger partial charge on any atom is -0.321 e. The van der Waals surface area contributed by atoms with Crippen molar-refractivity contribution in [3.8, 4) is 0 Å². The van der Waals surface area contributed by atoms with Gasteiger partial charge >= 0.3 is 0 Å². The fourth-order valence-corrected chi connectivity index (χ4v) is 3.37. The Bertz CT molecular complexity index is 810. The standard InChI is InChI=1S/C21H25N3O3/c1-16-6-11-19(24(26)27)14-20(16)22-21(25)18-9-7-17(8-10-18)15-23-12-4-2-3-5-13-23/h6-11,14H,2-5,12-13,15H2,1H3,(H,22,25). The summed E-state index contributed by atoms with van der Waals surface area (Å²) in [5.41, 5.74) is 2.94. The van der Waals surface area contributed by atoms with Crippen LogP contribution in [-0.4, -0.2) is 28.8 Å². The predicted molar refractivity (Wildman–Crippen MR) is 106 cm³/mol. The fourth-order valence-electron chi connectivity index (χ4n) is 3.37. The summed E-state index contributed by atoms with van der Waals surface area (Å²) in [6.45, 7) is 4.98. The van der Waals surface area contributed by atoms with Crippen molar-refractivity contribution in [2.75, 3.05) is 18.4 Å². The highest BCUT2D eigenvalue weighted by Crippen LogP contribution is 2.22. The Morgan fingerprint density at radius 2 is 1.74 bits per heavy atom. The second-order valence-electron chi connectivity index (χ2n) is 7.10. The van der Waals surface area contributed by atoms with Crippen molar-refractivity contribution < 1.29 is 9.72 Å². The number of hydrogen-bond donors (Lipinski definition) is 1.